The molecule has 12 heavy (non-hydrogen) atoms. The van der Waals surface area contributed by atoms with E-state index in [1.54, 1.807) is 20.8 Å². The van der Waals surface area contributed by atoms with Gasteiger partial charge in [0.25, 0.3) is 6.41 Å². The molecule has 0 saturated carbocycles. The van der Waals surface area contributed by atoms with E-state index >= 15 is 0 Å². The highest BCUT2D eigenvalue weighted by atomic mass is 17.0. The molecule has 0 spiro atoms. The molecule has 0 radical (unpaired) electrons. The summed E-state index contributed by atoms with van der Waals surface area (Å²) in [7, 11) is 0. The van der Waals surface area contributed by atoms with Gasteiger partial charge in [-0.1, -0.05) is 0 Å². The van der Waals surface area contributed by atoms with Crippen LogP contribution in [0.2, 0.25) is 0 Å². The van der Waals surface area contributed by atoms with Crippen LogP contribution in [0.4, 0.5) is 0 Å². The van der Waals surface area contributed by atoms with Crippen LogP contribution in [-0.4, -0.2) is 23.2 Å². The van der Waals surface area contributed by atoms with Crippen LogP contribution in [0.15, 0.2) is 0 Å². The molecule has 5 heteroatoms. The number of carbonyl (C=O) groups excluding carboxylic acids is 2. The number of hydrogen-bond acceptors (Lipinski definition) is 4. The Morgan fingerprint density at radius 3 is 2.17 bits per heavy atom. The summed E-state index contributed by atoms with van der Waals surface area (Å²) in [5.74, 6) is -0.605. The van der Waals surface area contributed by atoms with Crippen molar-refractivity contribution in [3.8, 4) is 0 Å². The third-order valence-electron chi connectivity index (χ3n) is 0.668. The molecule has 0 aromatic rings. The molecule has 0 N–H and O–H groups in total. The van der Waals surface area contributed by atoms with Crippen molar-refractivity contribution in [1.82, 2.24) is 5.23 Å². The molecule has 0 heterocycles. The molecule has 0 atom stereocenters. The van der Waals surface area contributed by atoms with E-state index < -0.39 is 11.6 Å². The van der Waals surface area contributed by atoms with Gasteiger partial charge in [0.05, 0.1) is 5.60 Å². The van der Waals surface area contributed by atoms with E-state index in [1.807, 2.05) is 0 Å². The van der Waals surface area contributed by atoms with Crippen LogP contribution in [0.25, 0.3) is 0 Å². The Hall–Kier alpha value is -1.10. The summed E-state index contributed by atoms with van der Waals surface area (Å²) in [6.07, 6.45) is 0.284. The third kappa shape index (κ3) is 5.67. The summed E-state index contributed by atoms with van der Waals surface area (Å²) in [5, 5.41) is 0.502. The molecular formula is C7H13NO4. The van der Waals surface area contributed by atoms with Crippen molar-refractivity contribution >= 4 is 12.4 Å². The topological polar surface area (TPSA) is 55.8 Å². The minimum atomic E-state index is -0.605. The zero-order valence-corrected chi connectivity index (χ0v) is 7.66. The van der Waals surface area contributed by atoms with E-state index in [-0.39, 0.29) is 6.41 Å². The number of amides is 1. The van der Waals surface area contributed by atoms with Crippen molar-refractivity contribution in [1.29, 1.82) is 0 Å². The fourth-order valence-corrected chi connectivity index (χ4v) is 0.458. The third-order valence-corrected chi connectivity index (χ3v) is 0.668. The van der Waals surface area contributed by atoms with E-state index in [0.29, 0.717) is 5.23 Å². The Balaban J connectivity index is 4.00. The van der Waals surface area contributed by atoms with Crippen LogP contribution in [0.5, 0.6) is 0 Å². The predicted octanol–water partition coefficient (Wildman–Crippen LogP) is 0.653. The van der Waals surface area contributed by atoms with Crippen molar-refractivity contribution in [2.75, 3.05) is 0 Å². The highest BCUT2D eigenvalue weighted by molar-refractivity contribution is 5.66. The van der Waals surface area contributed by atoms with Crippen LogP contribution in [0.1, 0.15) is 27.7 Å². The Morgan fingerprint density at radius 1 is 1.42 bits per heavy atom. The lowest BCUT2D eigenvalue weighted by atomic mass is 10.2. The molecule has 70 valence electrons. The van der Waals surface area contributed by atoms with Gasteiger partial charge in [-0.25, -0.2) is 9.63 Å². The number of rotatable bonds is 3. The minimum Gasteiger partial charge on any atom is -0.313 e. The monoisotopic (exact) mass is 175 g/mol. The van der Waals surface area contributed by atoms with Crippen LogP contribution in [0, 0.1) is 0 Å². The van der Waals surface area contributed by atoms with Gasteiger partial charge in [0, 0.05) is 6.92 Å². The molecule has 0 fully saturated rings. The zero-order chi connectivity index (χ0) is 9.78. The zero-order valence-electron chi connectivity index (χ0n) is 7.66. The molecule has 0 unspecified atom stereocenters. The number of hydroxylamine groups is 2. The molecule has 0 aromatic carbocycles. The van der Waals surface area contributed by atoms with E-state index in [9.17, 15) is 9.59 Å². The van der Waals surface area contributed by atoms with Crippen molar-refractivity contribution in [2.45, 2.75) is 33.3 Å². The van der Waals surface area contributed by atoms with Crippen LogP contribution in [-0.2, 0) is 19.3 Å². The Morgan fingerprint density at radius 2 is 1.92 bits per heavy atom. The fraction of sp³-hybridized carbons (Fsp3) is 0.714. The van der Waals surface area contributed by atoms with Gasteiger partial charge in [0.2, 0.25) is 0 Å². The molecule has 0 saturated heterocycles. The van der Waals surface area contributed by atoms with Crippen molar-refractivity contribution in [2.24, 2.45) is 0 Å². The second kappa shape index (κ2) is 4.06. The van der Waals surface area contributed by atoms with Gasteiger partial charge >= 0.3 is 5.97 Å². The lowest BCUT2D eigenvalue weighted by Crippen LogP contribution is -2.34. The first-order valence-corrected chi connectivity index (χ1v) is 3.47. The number of hydrogen-bond donors (Lipinski definition) is 0. The lowest BCUT2D eigenvalue weighted by Gasteiger charge is -2.23. The van der Waals surface area contributed by atoms with Crippen molar-refractivity contribution < 1.29 is 19.3 Å². The van der Waals surface area contributed by atoms with Gasteiger partial charge in [-0.05, 0) is 26.0 Å². The molecule has 5 nitrogen and oxygen atoms in total. The average Bonchev–Trinajstić information content (AvgIpc) is 1.82. The van der Waals surface area contributed by atoms with Gasteiger partial charge in [-0.15, -0.1) is 0 Å². The largest absolute Gasteiger partial charge is 0.332 e. The Bertz CT molecular complexity index is 173. The summed E-state index contributed by atoms with van der Waals surface area (Å²) in [6, 6.07) is 0. The molecule has 0 aromatic heterocycles. The van der Waals surface area contributed by atoms with Gasteiger partial charge in [0.1, 0.15) is 0 Å². The first-order valence-electron chi connectivity index (χ1n) is 3.47. The molecule has 0 rings (SSSR count). The molecule has 1 amide bonds. The number of carbonyl (C=O) groups is 2. The summed E-state index contributed by atoms with van der Waals surface area (Å²) in [6.45, 7) is 6.37. The van der Waals surface area contributed by atoms with E-state index in [4.69, 9.17) is 4.84 Å². The summed E-state index contributed by atoms with van der Waals surface area (Å²) >= 11 is 0. The van der Waals surface area contributed by atoms with Crippen LogP contribution < -0.4 is 0 Å². The van der Waals surface area contributed by atoms with Crippen molar-refractivity contribution in [3.63, 3.8) is 0 Å². The standard InChI is InChI=1S/C7H13NO4/c1-6(10)11-8(5-9)12-7(2,3)4/h5H,1-4H3. The van der Waals surface area contributed by atoms with Gasteiger partial charge < -0.3 is 4.84 Å². The maximum Gasteiger partial charge on any atom is 0.332 e. The minimum absolute atomic E-state index is 0.284. The number of nitrogens with zero attached hydrogens (tertiary/aromatic N) is 1. The molecule has 0 bridgehead atoms. The smallest absolute Gasteiger partial charge is 0.313 e. The first kappa shape index (κ1) is 10.9. The second-order valence-electron chi connectivity index (χ2n) is 3.18. The molecule has 0 aliphatic carbocycles. The average molecular weight is 175 g/mol. The summed E-state index contributed by atoms with van der Waals surface area (Å²) in [5.41, 5.74) is -0.573. The Kier molecular flexibility index (Phi) is 3.69. The summed E-state index contributed by atoms with van der Waals surface area (Å²) < 4.78 is 0. The van der Waals surface area contributed by atoms with Crippen LogP contribution >= 0.6 is 0 Å². The van der Waals surface area contributed by atoms with Gasteiger partial charge in [-0.3, -0.25) is 4.79 Å². The van der Waals surface area contributed by atoms with E-state index in [1.165, 1.54) is 6.92 Å². The molecule has 0 aliphatic heterocycles. The maximum absolute atomic E-state index is 10.4. The quantitative estimate of drug-likeness (QED) is 0.467. The van der Waals surface area contributed by atoms with Crippen molar-refractivity contribution in [3.05, 3.63) is 0 Å². The van der Waals surface area contributed by atoms with Gasteiger partial charge in [-0.2, -0.15) is 0 Å². The lowest BCUT2D eigenvalue weighted by molar-refractivity contribution is -0.347. The fourth-order valence-electron chi connectivity index (χ4n) is 0.458. The van der Waals surface area contributed by atoms with Gasteiger partial charge in [0.15, 0.2) is 0 Å². The predicted molar refractivity (Wildman–Crippen MR) is 40.5 cm³/mol. The maximum atomic E-state index is 10.4. The second-order valence-corrected chi connectivity index (χ2v) is 3.18. The molecular weight excluding hydrogens is 162 g/mol. The normalized spacial score (nSPS) is 10.7. The SMILES string of the molecule is CC(=O)ON(C=O)OC(C)(C)C. The van der Waals surface area contributed by atoms with E-state index in [0.717, 1.165) is 0 Å². The van der Waals surface area contributed by atoms with E-state index in [2.05, 4.69) is 4.84 Å². The Labute approximate surface area is 71.1 Å². The highest BCUT2D eigenvalue weighted by Crippen LogP contribution is 2.08. The highest BCUT2D eigenvalue weighted by Gasteiger charge is 2.17. The first-order chi connectivity index (χ1) is 5.35. The van der Waals surface area contributed by atoms with Crippen LogP contribution in [0.3, 0.4) is 0 Å². The molecule has 0 aliphatic rings. The summed E-state index contributed by atoms with van der Waals surface area (Å²) in [4.78, 5) is 29.9.